The first kappa shape index (κ1) is 13.8. The van der Waals surface area contributed by atoms with Gasteiger partial charge in [-0.3, -0.25) is 0 Å². The Hall–Kier alpha value is -1.60. The van der Waals surface area contributed by atoms with E-state index in [9.17, 15) is 13.2 Å². The Morgan fingerprint density at radius 2 is 2.05 bits per heavy atom. The van der Waals surface area contributed by atoms with Crippen molar-refractivity contribution in [2.45, 2.75) is 18.8 Å². The molecule has 2 N–H and O–H groups in total. The number of fused-ring (bicyclic) bond motifs is 1. The summed E-state index contributed by atoms with van der Waals surface area (Å²) in [6, 6.07) is 6.65. The molecule has 0 aliphatic carbocycles. The molecule has 1 aromatic carbocycles. The van der Waals surface area contributed by atoms with Gasteiger partial charge in [0.25, 0.3) is 0 Å². The van der Waals surface area contributed by atoms with E-state index in [1.807, 2.05) is 0 Å². The Bertz CT molecular complexity index is 561. The first-order chi connectivity index (χ1) is 8.96. The molecule has 0 amide bonds. The second kappa shape index (κ2) is 5.18. The maximum atomic E-state index is 12.7. The third kappa shape index (κ3) is 2.87. The van der Waals surface area contributed by atoms with Crippen LogP contribution in [-0.4, -0.2) is 29.4 Å². The average Bonchev–Trinajstić information content (AvgIpc) is 2.68. The molecule has 1 aromatic heterocycles. The predicted molar refractivity (Wildman–Crippen MR) is 64.6 cm³/mol. The summed E-state index contributed by atoms with van der Waals surface area (Å²) in [4.78, 5) is 4.20. The lowest BCUT2D eigenvalue weighted by atomic mass is 10.3. The van der Waals surface area contributed by atoms with Gasteiger partial charge in [-0.15, -0.1) is 0 Å². The van der Waals surface area contributed by atoms with Crippen molar-refractivity contribution in [3.05, 3.63) is 30.1 Å². The third-order valence-corrected chi connectivity index (χ3v) is 2.81. The number of halogens is 3. The van der Waals surface area contributed by atoms with E-state index < -0.39 is 18.8 Å². The summed E-state index contributed by atoms with van der Waals surface area (Å²) in [7, 11) is 1.40. The number of hydrogen-bond donors (Lipinski definition) is 1. The molecule has 0 radical (unpaired) electrons. The molecule has 2 aromatic rings. The van der Waals surface area contributed by atoms with Crippen molar-refractivity contribution in [1.29, 1.82) is 0 Å². The monoisotopic (exact) mass is 273 g/mol. The van der Waals surface area contributed by atoms with Gasteiger partial charge < -0.3 is 15.0 Å². The van der Waals surface area contributed by atoms with Crippen molar-refractivity contribution >= 4 is 11.0 Å². The van der Waals surface area contributed by atoms with Crippen LogP contribution < -0.4 is 5.73 Å². The van der Waals surface area contributed by atoms with E-state index in [-0.39, 0.29) is 12.4 Å². The van der Waals surface area contributed by atoms with E-state index >= 15 is 0 Å². The topological polar surface area (TPSA) is 53.1 Å². The first-order valence-electron chi connectivity index (χ1n) is 5.71. The van der Waals surface area contributed by atoms with Crippen LogP contribution in [0.1, 0.15) is 11.9 Å². The van der Waals surface area contributed by atoms with Gasteiger partial charge in [-0.05, 0) is 12.1 Å². The van der Waals surface area contributed by atoms with Gasteiger partial charge in [-0.25, -0.2) is 4.98 Å². The number of nitrogens with zero attached hydrogens (tertiary/aromatic N) is 2. The molecule has 1 atom stereocenters. The number of imidazole rings is 1. The average molecular weight is 273 g/mol. The predicted octanol–water partition coefficient (Wildman–Crippen LogP) is 2.24. The molecular formula is C12H14F3N3O. The minimum atomic E-state index is -4.33. The Labute approximate surface area is 108 Å². The molecule has 104 valence electrons. The molecule has 0 aliphatic heterocycles. The van der Waals surface area contributed by atoms with E-state index in [2.05, 4.69) is 4.98 Å². The largest absolute Gasteiger partial charge is 0.406 e. The van der Waals surface area contributed by atoms with Crippen LogP contribution >= 0.6 is 0 Å². The lowest BCUT2D eigenvalue weighted by molar-refractivity contribution is -0.140. The van der Waals surface area contributed by atoms with Crippen LogP contribution in [0.3, 0.4) is 0 Å². The fourth-order valence-corrected chi connectivity index (χ4v) is 1.99. The van der Waals surface area contributed by atoms with Crippen molar-refractivity contribution in [3.8, 4) is 0 Å². The van der Waals surface area contributed by atoms with E-state index in [0.717, 1.165) is 4.57 Å². The van der Waals surface area contributed by atoms with Crippen molar-refractivity contribution in [1.82, 2.24) is 9.55 Å². The quantitative estimate of drug-likeness (QED) is 0.929. The summed E-state index contributed by atoms with van der Waals surface area (Å²) in [6.07, 6.45) is -4.99. The van der Waals surface area contributed by atoms with Crippen LogP contribution in [0.2, 0.25) is 0 Å². The molecule has 0 fully saturated rings. The SMILES string of the molecule is COC(CN)c1nc2ccccc2n1CC(F)(F)F. The maximum Gasteiger partial charge on any atom is 0.406 e. The maximum absolute atomic E-state index is 12.7. The standard InChI is InChI=1S/C12H14F3N3O/c1-19-10(6-16)11-17-8-4-2-3-5-9(8)18(11)7-12(13,14)15/h2-5,10H,6-7,16H2,1H3. The van der Waals surface area contributed by atoms with Crippen molar-refractivity contribution in [2.24, 2.45) is 5.73 Å². The van der Waals surface area contributed by atoms with Gasteiger partial charge in [-0.2, -0.15) is 13.2 Å². The zero-order valence-electron chi connectivity index (χ0n) is 10.3. The smallest absolute Gasteiger partial charge is 0.372 e. The fourth-order valence-electron chi connectivity index (χ4n) is 1.99. The van der Waals surface area contributed by atoms with Crippen LogP contribution in [0.5, 0.6) is 0 Å². The van der Waals surface area contributed by atoms with Crippen LogP contribution in [-0.2, 0) is 11.3 Å². The highest BCUT2D eigenvalue weighted by Crippen LogP contribution is 2.27. The molecule has 2 rings (SSSR count). The second-order valence-corrected chi connectivity index (χ2v) is 4.12. The number of aromatic nitrogens is 2. The van der Waals surface area contributed by atoms with Crippen LogP contribution in [0.25, 0.3) is 11.0 Å². The van der Waals surface area contributed by atoms with Gasteiger partial charge in [0.05, 0.1) is 11.0 Å². The minimum absolute atomic E-state index is 0.0671. The zero-order chi connectivity index (χ0) is 14.0. The van der Waals surface area contributed by atoms with Crippen LogP contribution in [0, 0.1) is 0 Å². The van der Waals surface area contributed by atoms with Gasteiger partial charge in [0.2, 0.25) is 0 Å². The van der Waals surface area contributed by atoms with Crippen molar-refractivity contribution in [2.75, 3.05) is 13.7 Å². The molecule has 1 unspecified atom stereocenters. The zero-order valence-corrected chi connectivity index (χ0v) is 10.3. The Kier molecular flexibility index (Phi) is 3.77. The number of para-hydroxylation sites is 2. The first-order valence-corrected chi connectivity index (χ1v) is 5.71. The molecular weight excluding hydrogens is 259 g/mol. The summed E-state index contributed by atoms with van der Waals surface area (Å²) in [5.74, 6) is 0.198. The number of hydrogen-bond acceptors (Lipinski definition) is 3. The fraction of sp³-hybridized carbons (Fsp3) is 0.417. The van der Waals surface area contributed by atoms with E-state index in [1.165, 1.54) is 7.11 Å². The van der Waals surface area contributed by atoms with Gasteiger partial charge >= 0.3 is 6.18 Å². The van der Waals surface area contributed by atoms with E-state index in [1.54, 1.807) is 24.3 Å². The van der Waals surface area contributed by atoms with Gasteiger partial charge in [-0.1, -0.05) is 12.1 Å². The highest BCUT2D eigenvalue weighted by molar-refractivity contribution is 5.76. The number of ether oxygens (including phenoxy) is 1. The molecule has 0 saturated heterocycles. The Morgan fingerprint density at radius 3 is 2.63 bits per heavy atom. The number of methoxy groups -OCH3 is 1. The molecule has 19 heavy (non-hydrogen) atoms. The summed E-state index contributed by atoms with van der Waals surface area (Å²) < 4.78 is 44.2. The number of rotatable bonds is 4. The third-order valence-electron chi connectivity index (χ3n) is 2.81. The lowest BCUT2D eigenvalue weighted by Crippen LogP contribution is -2.24. The molecule has 4 nitrogen and oxygen atoms in total. The summed E-state index contributed by atoms with van der Waals surface area (Å²) in [5.41, 5.74) is 6.43. The van der Waals surface area contributed by atoms with Crippen LogP contribution in [0.4, 0.5) is 13.2 Å². The number of nitrogens with two attached hydrogens (primary N) is 1. The van der Waals surface area contributed by atoms with E-state index in [4.69, 9.17) is 10.5 Å². The van der Waals surface area contributed by atoms with Gasteiger partial charge in [0.15, 0.2) is 0 Å². The van der Waals surface area contributed by atoms with Gasteiger partial charge in [0, 0.05) is 13.7 Å². The molecule has 0 saturated carbocycles. The number of alkyl halides is 3. The summed E-state index contributed by atoms with van der Waals surface area (Å²) in [6.45, 7) is -1.04. The molecule has 0 bridgehead atoms. The van der Waals surface area contributed by atoms with E-state index in [0.29, 0.717) is 11.0 Å². The summed E-state index contributed by atoms with van der Waals surface area (Å²) >= 11 is 0. The lowest BCUT2D eigenvalue weighted by Gasteiger charge is -2.16. The second-order valence-electron chi connectivity index (χ2n) is 4.12. The molecule has 0 spiro atoms. The van der Waals surface area contributed by atoms with Crippen molar-refractivity contribution < 1.29 is 17.9 Å². The molecule has 7 heteroatoms. The Morgan fingerprint density at radius 1 is 1.37 bits per heavy atom. The molecule has 1 heterocycles. The minimum Gasteiger partial charge on any atom is -0.372 e. The molecule has 0 aliphatic rings. The van der Waals surface area contributed by atoms with Crippen LogP contribution in [0.15, 0.2) is 24.3 Å². The van der Waals surface area contributed by atoms with Gasteiger partial charge in [0.1, 0.15) is 18.5 Å². The Balaban J connectivity index is 2.58. The number of benzene rings is 1. The van der Waals surface area contributed by atoms with Crippen molar-refractivity contribution in [3.63, 3.8) is 0 Å². The highest BCUT2D eigenvalue weighted by atomic mass is 19.4. The normalized spacial score (nSPS) is 13.9. The highest BCUT2D eigenvalue weighted by Gasteiger charge is 2.31. The summed E-state index contributed by atoms with van der Waals surface area (Å²) in [5, 5.41) is 0.